The fourth-order valence-electron chi connectivity index (χ4n) is 3.23. The van der Waals surface area contributed by atoms with Gasteiger partial charge in [-0.25, -0.2) is 4.79 Å². The number of terminal acetylenes is 1. The first kappa shape index (κ1) is 18.5. The number of unbranched alkanes of at least 4 members (excludes halogenated alkanes) is 2. The number of nitrogens with one attached hydrogen (secondary N) is 2. The third kappa shape index (κ3) is 4.66. The van der Waals surface area contributed by atoms with E-state index in [1.165, 1.54) is 0 Å². The summed E-state index contributed by atoms with van der Waals surface area (Å²) >= 11 is 1.97. The smallest absolute Gasteiger partial charge is 0.315 e. The maximum Gasteiger partial charge on any atom is 0.315 e. The number of nitrogens with zero attached hydrogens (tertiary/aromatic N) is 3. The van der Waals surface area contributed by atoms with Crippen LogP contribution in [0.1, 0.15) is 32.6 Å². The van der Waals surface area contributed by atoms with E-state index in [4.69, 9.17) is 10.9 Å². The molecule has 4 unspecified atom stereocenters. The lowest BCUT2D eigenvalue weighted by molar-refractivity contribution is 0.247. The summed E-state index contributed by atoms with van der Waals surface area (Å²) in [6.07, 6.45) is 11.9. The lowest BCUT2D eigenvalue weighted by Crippen LogP contribution is -2.36. The Bertz CT molecular complexity index is 634. The highest BCUT2D eigenvalue weighted by atomic mass is 32.2. The fraction of sp³-hybridized carbons (Fsp3) is 0.688. The number of thioether (sulfide) groups is 1. The van der Waals surface area contributed by atoms with Crippen LogP contribution in [0.4, 0.5) is 4.79 Å². The molecule has 0 bridgehead atoms. The first-order chi connectivity index (χ1) is 12.2. The van der Waals surface area contributed by atoms with E-state index in [0.29, 0.717) is 23.9 Å². The van der Waals surface area contributed by atoms with Crippen LogP contribution in [-0.2, 0) is 11.1 Å². The van der Waals surface area contributed by atoms with Gasteiger partial charge in [-0.1, -0.05) is 18.1 Å². The number of rotatable bonds is 9. The SMILES string of the molecule is C#CP(OCC)c1cn(CCCCCC2SCC3NC(=O)NC32)nn1. The van der Waals surface area contributed by atoms with Gasteiger partial charge >= 0.3 is 6.03 Å². The molecule has 9 heteroatoms. The first-order valence-corrected chi connectivity index (χ1v) is 11.0. The maximum absolute atomic E-state index is 11.4. The number of urea groups is 1. The van der Waals surface area contributed by atoms with Gasteiger partial charge in [0, 0.05) is 24.2 Å². The number of aryl methyl sites for hydroxylation is 1. The predicted molar refractivity (Wildman–Crippen MR) is 101 cm³/mol. The Labute approximate surface area is 153 Å². The largest absolute Gasteiger partial charge is 0.341 e. The number of carbonyl (C=O) groups excluding carboxylic acids is 1. The molecule has 2 amide bonds. The number of aromatic nitrogens is 3. The Morgan fingerprint density at radius 1 is 1.48 bits per heavy atom. The highest BCUT2D eigenvalue weighted by Gasteiger charge is 2.42. The van der Waals surface area contributed by atoms with E-state index in [2.05, 4.69) is 26.6 Å². The molecule has 25 heavy (non-hydrogen) atoms. The monoisotopic (exact) mass is 381 g/mol. The molecule has 2 aliphatic rings. The topological polar surface area (TPSA) is 81.1 Å². The van der Waals surface area contributed by atoms with Gasteiger partial charge in [-0.05, 0) is 25.4 Å². The lowest BCUT2D eigenvalue weighted by atomic mass is 10.0. The van der Waals surface area contributed by atoms with Gasteiger partial charge in [0.15, 0.2) is 8.15 Å². The Morgan fingerprint density at radius 3 is 3.16 bits per heavy atom. The van der Waals surface area contributed by atoms with E-state index in [0.717, 1.165) is 43.4 Å². The van der Waals surface area contributed by atoms with Crippen molar-refractivity contribution in [3.05, 3.63) is 6.20 Å². The zero-order chi connectivity index (χ0) is 17.6. The van der Waals surface area contributed by atoms with Crippen molar-refractivity contribution in [3.63, 3.8) is 0 Å². The fourth-order valence-corrected chi connectivity index (χ4v) is 5.73. The highest BCUT2D eigenvalue weighted by molar-refractivity contribution is 8.00. The van der Waals surface area contributed by atoms with Gasteiger partial charge in [-0.3, -0.25) is 4.68 Å². The second-order valence-corrected chi connectivity index (χ2v) is 8.99. The standard InChI is InChI=1S/C16H24N5O2PS/c1-3-23-24(4-2)14-10-21(20-19-14)9-7-5-6-8-13-15-12(11-25-13)17-16(22)18-15/h2,10,12-13,15H,3,5-9,11H2,1H3,(H2,17,18,22). The van der Waals surface area contributed by atoms with Gasteiger partial charge in [0.1, 0.15) is 5.44 Å². The molecular formula is C16H24N5O2PS. The van der Waals surface area contributed by atoms with Crippen LogP contribution >= 0.6 is 19.9 Å². The predicted octanol–water partition coefficient (Wildman–Crippen LogP) is 1.65. The summed E-state index contributed by atoms with van der Waals surface area (Å²) in [7, 11) is -1.08. The lowest BCUT2D eigenvalue weighted by Gasteiger charge is -2.16. The molecule has 0 spiro atoms. The molecule has 0 saturated carbocycles. The molecule has 0 radical (unpaired) electrons. The van der Waals surface area contributed by atoms with Gasteiger partial charge in [0.05, 0.1) is 18.3 Å². The summed E-state index contributed by atoms with van der Waals surface area (Å²) in [5.74, 6) is 1.02. The van der Waals surface area contributed by atoms with Crippen LogP contribution in [0, 0.1) is 12.1 Å². The minimum Gasteiger partial charge on any atom is -0.341 e. The highest BCUT2D eigenvalue weighted by Crippen LogP contribution is 2.33. The maximum atomic E-state index is 11.4. The minimum absolute atomic E-state index is 0.0127. The number of fused-ring (bicyclic) bond motifs is 1. The van der Waals surface area contributed by atoms with Gasteiger partial charge < -0.3 is 15.2 Å². The summed E-state index contributed by atoms with van der Waals surface area (Å²) in [6, 6.07) is 0.602. The van der Waals surface area contributed by atoms with Crippen molar-refractivity contribution >= 4 is 31.4 Å². The van der Waals surface area contributed by atoms with Crippen molar-refractivity contribution < 1.29 is 9.32 Å². The molecule has 2 saturated heterocycles. The third-order valence-electron chi connectivity index (χ3n) is 4.42. The summed E-state index contributed by atoms with van der Waals surface area (Å²) in [5, 5.41) is 14.8. The van der Waals surface area contributed by atoms with Crippen LogP contribution in [0.5, 0.6) is 0 Å². The van der Waals surface area contributed by atoms with Crippen molar-refractivity contribution in [2.45, 2.75) is 56.5 Å². The Hall–Kier alpha value is -1.29. The molecule has 2 aliphatic heterocycles. The van der Waals surface area contributed by atoms with Crippen molar-refractivity contribution in [3.8, 4) is 12.1 Å². The summed E-state index contributed by atoms with van der Waals surface area (Å²) in [5.41, 5.74) is 3.41. The summed E-state index contributed by atoms with van der Waals surface area (Å²) < 4.78 is 7.36. The van der Waals surface area contributed by atoms with Gasteiger partial charge in [-0.15, -0.1) is 11.5 Å². The molecule has 2 fully saturated rings. The molecule has 4 atom stereocenters. The Kier molecular flexibility index (Phi) is 6.57. The average molecular weight is 381 g/mol. The van der Waals surface area contributed by atoms with Crippen molar-refractivity contribution in [2.75, 3.05) is 12.4 Å². The molecule has 7 nitrogen and oxygen atoms in total. The average Bonchev–Trinajstić information content (AvgIpc) is 3.29. The van der Waals surface area contributed by atoms with Crippen LogP contribution in [0.2, 0.25) is 0 Å². The molecule has 136 valence electrons. The van der Waals surface area contributed by atoms with Gasteiger partial charge in [0.25, 0.3) is 0 Å². The van der Waals surface area contributed by atoms with E-state index in [1.807, 2.05) is 29.6 Å². The first-order valence-electron chi connectivity index (χ1n) is 8.69. The van der Waals surface area contributed by atoms with E-state index in [1.54, 1.807) is 0 Å². The van der Waals surface area contributed by atoms with Crippen molar-refractivity contribution in [1.29, 1.82) is 0 Å². The number of amides is 2. The number of hydrogen-bond donors (Lipinski definition) is 2. The van der Waals surface area contributed by atoms with Crippen LogP contribution in [-0.4, -0.2) is 50.7 Å². The van der Waals surface area contributed by atoms with Gasteiger partial charge in [0.2, 0.25) is 0 Å². The van der Waals surface area contributed by atoms with Crippen LogP contribution in [0.25, 0.3) is 0 Å². The van der Waals surface area contributed by atoms with Gasteiger partial charge in [-0.2, -0.15) is 11.8 Å². The van der Waals surface area contributed by atoms with Crippen LogP contribution in [0.15, 0.2) is 6.20 Å². The Morgan fingerprint density at radius 2 is 2.36 bits per heavy atom. The summed E-state index contributed by atoms with van der Waals surface area (Å²) in [4.78, 5) is 11.4. The van der Waals surface area contributed by atoms with Crippen molar-refractivity contribution in [2.24, 2.45) is 0 Å². The van der Waals surface area contributed by atoms with E-state index in [-0.39, 0.29) is 6.03 Å². The second-order valence-electron chi connectivity index (χ2n) is 6.15. The number of carbonyl (C=O) groups is 1. The third-order valence-corrected chi connectivity index (χ3v) is 7.30. The minimum atomic E-state index is -1.08. The molecule has 1 aromatic rings. The molecule has 1 aromatic heterocycles. The van der Waals surface area contributed by atoms with E-state index in [9.17, 15) is 4.79 Å². The molecule has 3 heterocycles. The second kappa shape index (κ2) is 8.88. The molecule has 0 aromatic carbocycles. The normalized spacial score (nSPS) is 25.9. The molecule has 2 N–H and O–H groups in total. The zero-order valence-electron chi connectivity index (χ0n) is 14.4. The van der Waals surface area contributed by atoms with Crippen LogP contribution < -0.4 is 16.1 Å². The van der Waals surface area contributed by atoms with Crippen LogP contribution in [0.3, 0.4) is 0 Å². The zero-order valence-corrected chi connectivity index (χ0v) is 16.1. The Balaban J connectivity index is 1.35. The molecule has 0 aliphatic carbocycles. The summed E-state index contributed by atoms with van der Waals surface area (Å²) in [6.45, 7) is 3.35. The quantitative estimate of drug-likeness (QED) is 0.294. The van der Waals surface area contributed by atoms with E-state index >= 15 is 0 Å². The van der Waals surface area contributed by atoms with E-state index < -0.39 is 8.15 Å². The molecular weight excluding hydrogens is 357 g/mol. The van der Waals surface area contributed by atoms with Crippen molar-refractivity contribution in [1.82, 2.24) is 25.6 Å². The number of hydrogen-bond acceptors (Lipinski definition) is 5. The molecule has 3 rings (SSSR count).